The van der Waals surface area contributed by atoms with Gasteiger partial charge in [0.2, 0.25) is 0 Å². The lowest BCUT2D eigenvalue weighted by atomic mass is 10.0. The van der Waals surface area contributed by atoms with Crippen LogP contribution in [0.2, 0.25) is 0 Å². The predicted octanol–water partition coefficient (Wildman–Crippen LogP) is 5.10. The standard InChI is InChI=1S/C18H20N2O2/c1-14(2)8-13-18(15-6-4-3-5-7-15)19-16-9-11-17(12-10-16)20(21)22/h3-12,18-19H,13H2,1-2H3. The Bertz CT molecular complexity index is 645. The van der Waals surface area contributed by atoms with Crippen molar-refractivity contribution >= 4 is 11.4 Å². The van der Waals surface area contributed by atoms with Crippen molar-refractivity contribution in [3.8, 4) is 0 Å². The van der Waals surface area contributed by atoms with Gasteiger partial charge in [-0.05, 0) is 38.0 Å². The molecule has 114 valence electrons. The molecule has 22 heavy (non-hydrogen) atoms. The second kappa shape index (κ2) is 7.41. The van der Waals surface area contributed by atoms with Crippen molar-refractivity contribution in [2.75, 3.05) is 5.32 Å². The summed E-state index contributed by atoms with van der Waals surface area (Å²) in [5.41, 5.74) is 3.44. The lowest BCUT2D eigenvalue weighted by Gasteiger charge is -2.19. The van der Waals surface area contributed by atoms with Gasteiger partial charge in [0.25, 0.3) is 5.69 Å². The highest BCUT2D eigenvalue weighted by Crippen LogP contribution is 2.25. The van der Waals surface area contributed by atoms with Crippen LogP contribution in [0.25, 0.3) is 0 Å². The van der Waals surface area contributed by atoms with Crippen molar-refractivity contribution < 1.29 is 4.92 Å². The molecule has 4 nitrogen and oxygen atoms in total. The Kier molecular flexibility index (Phi) is 5.31. The van der Waals surface area contributed by atoms with Gasteiger partial charge < -0.3 is 5.32 Å². The average molecular weight is 296 g/mol. The first-order chi connectivity index (χ1) is 10.6. The van der Waals surface area contributed by atoms with E-state index in [0.29, 0.717) is 0 Å². The fraction of sp³-hybridized carbons (Fsp3) is 0.222. The van der Waals surface area contributed by atoms with Gasteiger partial charge in [0.05, 0.1) is 11.0 Å². The molecule has 0 aliphatic carbocycles. The summed E-state index contributed by atoms with van der Waals surface area (Å²) in [5, 5.41) is 14.2. The molecule has 0 aliphatic rings. The number of hydrogen-bond donors (Lipinski definition) is 1. The Hall–Kier alpha value is -2.62. The Morgan fingerprint density at radius 2 is 1.77 bits per heavy atom. The van der Waals surface area contributed by atoms with Gasteiger partial charge in [-0.25, -0.2) is 0 Å². The van der Waals surface area contributed by atoms with Gasteiger partial charge in [-0.15, -0.1) is 0 Å². The van der Waals surface area contributed by atoms with Gasteiger partial charge in [0, 0.05) is 17.8 Å². The monoisotopic (exact) mass is 296 g/mol. The maximum atomic E-state index is 10.7. The van der Waals surface area contributed by atoms with Crippen molar-refractivity contribution in [1.82, 2.24) is 0 Å². The minimum absolute atomic E-state index is 0.103. The average Bonchev–Trinajstić information content (AvgIpc) is 2.52. The molecule has 0 saturated carbocycles. The summed E-state index contributed by atoms with van der Waals surface area (Å²) in [4.78, 5) is 10.3. The van der Waals surface area contributed by atoms with E-state index in [1.165, 1.54) is 23.3 Å². The summed E-state index contributed by atoms with van der Waals surface area (Å²) in [7, 11) is 0. The summed E-state index contributed by atoms with van der Waals surface area (Å²) < 4.78 is 0. The van der Waals surface area contributed by atoms with Crippen LogP contribution in [0.4, 0.5) is 11.4 Å². The van der Waals surface area contributed by atoms with Crippen LogP contribution in [0, 0.1) is 10.1 Å². The number of nitrogens with zero attached hydrogens (tertiary/aromatic N) is 1. The normalized spacial score (nSPS) is 11.5. The number of hydrogen-bond acceptors (Lipinski definition) is 3. The molecule has 0 fully saturated rings. The van der Waals surface area contributed by atoms with Crippen LogP contribution in [-0.4, -0.2) is 4.92 Å². The van der Waals surface area contributed by atoms with Crippen molar-refractivity contribution in [3.63, 3.8) is 0 Å². The summed E-state index contributed by atoms with van der Waals surface area (Å²) in [6.45, 7) is 4.15. The molecule has 0 bridgehead atoms. The third-order valence-electron chi connectivity index (χ3n) is 3.38. The van der Waals surface area contributed by atoms with Gasteiger partial charge >= 0.3 is 0 Å². The topological polar surface area (TPSA) is 55.2 Å². The quantitative estimate of drug-likeness (QED) is 0.458. The molecule has 1 unspecified atom stereocenters. The van der Waals surface area contributed by atoms with E-state index in [9.17, 15) is 10.1 Å². The van der Waals surface area contributed by atoms with Crippen LogP contribution in [0.15, 0.2) is 66.2 Å². The predicted molar refractivity (Wildman–Crippen MR) is 90.0 cm³/mol. The van der Waals surface area contributed by atoms with Crippen LogP contribution in [-0.2, 0) is 0 Å². The second-order valence-electron chi connectivity index (χ2n) is 5.43. The fourth-order valence-electron chi connectivity index (χ4n) is 2.20. The van der Waals surface area contributed by atoms with Crippen molar-refractivity contribution in [2.24, 2.45) is 0 Å². The third kappa shape index (κ3) is 4.45. The molecule has 1 atom stereocenters. The number of non-ortho nitro benzene ring substituents is 1. The third-order valence-corrected chi connectivity index (χ3v) is 3.38. The SMILES string of the molecule is CC(C)=CCC(Nc1ccc([N+](=O)[O-])cc1)c1ccccc1. The Balaban J connectivity index is 2.18. The molecule has 2 aromatic carbocycles. The summed E-state index contributed by atoms with van der Waals surface area (Å²) in [6, 6.07) is 16.9. The minimum atomic E-state index is -0.387. The summed E-state index contributed by atoms with van der Waals surface area (Å²) in [6.07, 6.45) is 3.05. The van der Waals surface area contributed by atoms with E-state index in [1.807, 2.05) is 18.2 Å². The first-order valence-electron chi connectivity index (χ1n) is 7.25. The number of anilines is 1. The zero-order valence-electron chi connectivity index (χ0n) is 12.8. The molecule has 1 N–H and O–H groups in total. The number of nitro benzene ring substituents is 1. The lowest BCUT2D eigenvalue weighted by molar-refractivity contribution is -0.384. The minimum Gasteiger partial charge on any atom is -0.378 e. The lowest BCUT2D eigenvalue weighted by Crippen LogP contribution is -2.10. The van der Waals surface area contributed by atoms with Gasteiger partial charge in [-0.1, -0.05) is 42.0 Å². The highest BCUT2D eigenvalue weighted by atomic mass is 16.6. The zero-order valence-corrected chi connectivity index (χ0v) is 12.8. The van der Waals surface area contributed by atoms with Crippen LogP contribution in [0.1, 0.15) is 31.9 Å². The highest BCUT2D eigenvalue weighted by Gasteiger charge is 2.11. The smallest absolute Gasteiger partial charge is 0.269 e. The van der Waals surface area contributed by atoms with Crippen LogP contribution in [0.3, 0.4) is 0 Å². The molecule has 2 rings (SSSR count). The molecule has 0 amide bonds. The van der Waals surface area contributed by atoms with Crippen LogP contribution in [0.5, 0.6) is 0 Å². The number of allylic oxidation sites excluding steroid dienone is 1. The maximum absolute atomic E-state index is 10.7. The summed E-state index contributed by atoms with van der Waals surface area (Å²) >= 11 is 0. The van der Waals surface area contributed by atoms with Crippen molar-refractivity contribution in [3.05, 3.63) is 81.9 Å². The largest absolute Gasteiger partial charge is 0.378 e. The highest BCUT2D eigenvalue weighted by molar-refractivity contribution is 5.50. The molecule has 0 heterocycles. The molecule has 0 aromatic heterocycles. The van der Waals surface area contributed by atoms with Crippen molar-refractivity contribution in [2.45, 2.75) is 26.3 Å². The van der Waals surface area contributed by atoms with Crippen molar-refractivity contribution in [1.29, 1.82) is 0 Å². The zero-order chi connectivity index (χ0) is 15.9. The number of nitro groups is 1. The molecule has 0 spiro atoms. The van der Waals surface area contributed by atoms with Gasteiger partial charge in [-0.3, -0.25) is 10.1 Å². The number of nitrogens with one attached hydrogen (secondary N) is 1. The molecular weight excluding hydrogens is 276 g/mol. The van der Waals surface area contributed by atoms with E-state index in [-0.39, 0.29) is 16.7 Å². The molecule has 0 saturated heterocycles. The van der Waals surface area contributed by atoms with E-state index in [2.05, 4.69) is 37.4 Å². The Labute approximate surface area is 130 Å². The first-order valence-corrected chi connectivity index (χ1v) is 7.25. The molecular formula is C18H20N2O2. The molecule has 4 heteroatoms. The van der Waals surface area contributed by atoms with E-state index >= 15 is 0 Å². The van der Waals surface area contributed by atoms with Crippen LogP contribution >= 0.6 is 0 Å². The van der Waals surface area contributed by atoms with Crippen LogP contribution < -0.4 is 5.32 Å². The summed E-state index contributed by atoms with van der Waals surface area (Å²) in [5.74, 6) is 0. The van der Waals surface area contributed by atoms with E-state index in [1.54, 1.807) is 12.1 Å². The Morgan fingerprint density at radius 1 is 1.14 bits per heavy atom. The van der Waals surface area contributed by atoms with Gasteiger partial charge in [-0.2, -0.15) is 0 Å². The molecule has 0 radical (unpaired) electrons. The van der Waals surface area contributed by atoms with E-state index in [0.717, 1.165) is 12.1 Å². The van der Waals surface area contributed by atoms with E-state index in [4.69, 9.17) is 0 Å². The molecule has 0 aliphatic heterocycles. The number of rotatable bonds is 6. The Morgan fingerprint density at radius 3 is 2.32 bits per heavy atom. The maximum Gasteiger partial charge on any atom is 0.269 e. The first kappa shape index (κ1) is 15.8. The fourth-order valence-corrected chi connectivity index (χ4v) is 2.20. The van der Waals surface area contributed by atoms with Gasteiger partial charge in [0.15, 0.2) is 0 Å². The second-order valence-corrected chi connectivity index (χ2v) is 5.43. The van der Waals surface area contributed by atoms with Gasteiger partial charge in [0.1, 0.15) is 0 Å². The molecule has 2 aromatic rings. The van der Waals surface area contributed by atoms with E-state index < -0.39 is 0 Å². The number of benzene rings is 2.